The van der Waals surface area contributed by atoms with E-state index in [1.165, 1.54) is 0 Å². The lowest BCUT2D eigenvalue weighted by Gasteiger charge is -2.10. The third kappa shape index (κ3) is 1.49. The molecule has 0 aliphatic carbocycles. The fourth-order valence-electron chi connectivity index (χ4n) is 1.02. The molecule has 1 unspecified atom stereocenters. The fraction of sp³-hybridized carbons (Fsp3) is 0.714. The van der Waals surface area contributed by atoms with Crippen molar-refractivity contribution >= 4 is 0 Å². The Balaban J connectivity index is 2.38. The third-order valence-electron chi connectivity index (χ3n) is 1.53. The highest BCUT2D eigenvalue weighted by atomic mass is 16.5. The first-order chi connectivity index (χ1) is 4.88. The quantitative estimate of drug-likeness (QED) is 0.619. The largest absolute Gasteiger partial charge is 0.499 e. The molecule has 0 amide bonds. The van der Waals surface area contributed by atoms with Gasteiger partial charge in [-0.05, 0) is 6.08 Å². The summed E-state index contributed by atoms with van der Waals surface area (Å²) >= 11 is 0. The number of aliphatic hydroxyl groups is 1. The summed E-state index contributed by atoms with van der Waals surface area (Å²) in [5.41, 5.74) is 0. The number of hydrogen-bond acceptors (Lipinski definition) is 3. The molecule has 1 N–H and O–H groups in total. The molecule has 0 saturated carbocycles. The van der Waals surface area contributed by atoms with E-state index < -0.39 is 0 Å². The molecule has 10 heavy (non-hydrogen) atoms. The van der Waals surface area contributed by atoms with Gasteiger partial charge in [-0.3, -0.25) is 0 Å². The third-order valence-corrected chi connectivity index (χ3v) is 1.53. The minimum Gasteiger partial charge on any atom is -0.499 e. The maximum absolute atomic E-state index is 8.58. The molecule has 0 spiro atoms. The van der Waals surface area contributed by atoms with E-state index in [0.717, 1.165) is 5.76 Å². The second-order valence-corrected chi connectivity index (χ2v) is 2.14. The molecule has 1 aliphatic heterocycles. The van der Waals surface area contributed by atoms with Crippen LogP contribution in [0.25, 0.3) is 0 Å². The first-order valence-corrected chi connectivity index (χ1v) is 3.35. The van der Waals surface area contributed by atoms with Crippen molar-refractivity contribution in [2.45, 2.75) is 12.5 Å². The molecule has 1 atom stereocenters. The summed E-state index contributed by atoms with van der Waals surface area (Å²) in [4.78, 5) is 0. The van der Waals surface area contributed by atoms with Gasteiger partial charge in [0.25, 0.3) is 0 Å². The van der Waals surface area contributed by atoms with Crippen molar-refractivity contribution in [3.05, 3.63) is 11.8 Å². The summed E-state index contributed by atoms with van der Waals surface area (Å²) in [6, 6.07) is 0. The molecule has 1 heterocycles. The number of ether oxygens (including phenoxy) is 2. The Morgan fingerprint density at radius 1 is 1.90 bits per heavy atom. The van der Waals surface area contributed by atoms with E-state index in [-0.39, 0.29) is 12.7 Å². The Labute approximate surface area is 60.3 Å². The number of methoxy groups -OCH3 is 1. The minimum atomic E-state index is -0.0185. The number of rotatable bonds is 3. The SMILES string of the molecule is COC1=CCOC1CCO. The number of aliphatic hydroxyl groups excluding tert-OH is 1. The Morgan fingerprint density at radius 3 is 3.30 bits per heavy atom. The lowest BCUT2D eigenvalue weighted by Crippen LogP contribution is -2.12. The van der Waals surface area contributed by atoms with Crippen LogP contribution >= 0.6 is 0 Å². The van der Waals surface area contributed by atoms with Gasteiger partial charge in [0.05, 0.1) is 13.7 Å². The lowest BCUT2D eigenvalue weighted by molar-refractivity contribution is 0.0652. The molecular formula is C7H12O3. The van der Waals surface area contributed by atoms with Crippen LogP contribution in [0.2, 0.25) is 0 Å². The fourth-order valence-corrected chi connectivity index (χ4v) is 1.02. The van der Waals surface area contributed by atoms with Gasteiger partial charge in [-0.25, -0.2) is 0 Å². The smallest absolute Gasteiger partial charge is 0.123 e. The summed E-state index contributed by atoms with van der Waals surface area (Å²) < 4.78 is 10.2. The highest BCUT2D eigenvalue weighted by Gasteiger charge is 2.19. The van der Waals surface area contributed by atoms with Crippen LogP contribution in [0.5, 0.6) is 0 Å². The van der Waals surface area contributed by atoms with Gasteiger partial charge >= 0.3 is 0 Å². The van der Waals surface area contributed by atoms with Crippen molar-refractivity contribution in [3.8, 4) is 0 Å². The van der Waals surface area contributed by atoms with Crippen molar-refractivity contribution in [2.75, 3.05) is 20.3 Å². The average Bonchev–Trinajstić information content (AvgIpc) is 2.36. The van der Waals surface area contributed by atoms with Gasteiger partial charge in [-0.1, -0.05) is 0 Å². The van der Waals surface area contributed by atoms with E-state index in [1.807, 2.05) is 6.08 Å². The van der Waals surface area contributed by atoms with Crippen LogP contribution in [0.1, 0.15) is 6.42 Å². The standard InChI is InChI=1S/C7H12O3/c1-9-6-3-5-10-7(6)2-4-8/h3,7-8H,2,4-5H2,1H3. The zero-order valence-corrected chi connectivity index (χ0v) is 6.04. The van der Waals surface area contributed by atoms with Gasteiger partial charge < -0.3 is 14.6 Å². The van der Waals surface area contributed by atoms with Gasteiger partial charge in [0.2, 0.25) is 0 Å². The van der Waals surface area contributed by atoms with Crippen molar-refractivity contribution in [1.29, 1.82) is 0 Å². The molecule has 0 saturated heterocycles. The van der Waals surface area contributed by atoms with Crippen LogP contribution in [-0.2, 0) is 9.47 Å². The Hall–Kier alpha value is -0.540. The van der Waals surface area contributed by atoms with Gasteiger partial charge in [0.15, 0.2) is 0 Å². The van der Waals surface area contributed by atoms with Gasteiger partial charge in [0, 0.05) is 13.0 Å². The molecule has 0 aromatic carbocycles. The van der Waals surface area contributed by atoms with Crippen LogP contribution in [0, 0.1) is 0 Å². The zero-order valence-electron chi connectivity index (χ0n) is 6.04. The first-order valence-electron chi connectivity index (χ1n) is 3.35. The lowest BCUT2D eigenvalue weighted by atomic mass is 10.2. The molecule has 0 radical (unpaired) electrons. The zero-order chi connectivity index (χ0) is 7.40. The van der Waals surface area contributed by atoms with Gasteiger partial charge in [0.1, 0.15) is 11.9 Å². The molecular weight excluding hydrogens is 132 g/mol. The second-order valence-electron chi connectivity index (χ2n) is 2.14. The molecule has 58 valence electrons. The highest BCUT2D eigenvalue weighted by molar-refractivity contribution is 5.05. The van der Waals surface area contributed by atoms with E-state index in [2.05, 4.69) is 0 Å². The van der Waals surface area contributed by atoms with Crippen LogP contribution in [0.4, 0.5) is 0 Å². The maximum Gasteiger partial charge on any atom is 0.123 e. The summed E-state index contributed by atoms with van der Waals surface area (Å²) in [7, 11) is 1.62. The van der Waals surface area contributed by atoms with Crippen LogP contribution in [0.3, 0.4) is 0 Å². The molecule has 3 heteroatoms. The molecule has 1 rings (SSSR count). The summed E-state index contributed by atoms with van der Waals surface area (Å²) in [6.45, 7) is 0.749. The Morgan fingerprint density at radius 2 is 2.70 bits per heavy atom. The van der Waals surface area contributed by atoms with E-state index >= 15 is 0 Å². The average molecular weight is 144 g/mol. The van der Waals surface area contributed by atoms with E-state index in [9.17, 15) is 0 Å². The predicted octanol–water partition coefficient (Wildman–Crippen LogP) is 0.298. The molecule has 0 bridgehead atoms. The monoisotopic (exact) mass is 144 g/mol. The van der Waals surface area contributed by atoms with Crippen LogP contribution in [-0.4, -0.2) is 31.5 Å². The van der Waals surface area contributed by atoms with Crippen molar-refractivity contribution in [1.82, 2.24) is 0 Å². The minimum absolute atomic E-state index is 0.0185. The van der Waals surface area contributed by atoms with E-state index in [1.54, 1.807) is 7.11 Å². The summed E-state index contributed by atoms with van der Waals surface area (Å²) in [5, 5.41) is 8.58. The molecule has 0 aromatic heterocycles. The normalized spacial score (nSPS) is 24.6. The topological polar surface area (TPSA) is 38.7 Å². The maximum atomic E-state index is 8.58. The van der Waals surface area contributed by atoms with Crippen molar-refractivity contribution < 1.29 is 14.6 Å². The number of hydrogen-bond donors (Lipinski definition) is 1. The molecule has 3 nitrogen and oxygen atoms in total. The van der Waals surface area contributed by atoms with Crippen LogP contribution in [0.15, 0.2) is 11.8 Å². The summed E-state index contributed by atoms with van der Waals surface area (Å²) in [6.07, 6.45) is 2.50. The van der Waals surface area contributed by atoms with Crippen LogP contribution < -0.4 is 0 Å². The molecule has 0 aromatic rings. The summed E-state index contributed by atoms with van der Waals surface area (Å²) in [5.74, 6) is 0.842. The van der Waals surface area contributed by atoms with Crippen molar-refractivity contribution in [3.63, 3.8) is 0 Å². The van der Waals surface area contributed by atoms with E-state index in [0.29, 0.717) is 13.0 Å². The van der Waals surface area contributed by atoms with Gasteiger partial charge in [-0.2, -0.15) is 0 Å². The Bertz CT molecular complexity index is 131. The predicted molar refractivity (Wildman–Crippen MR) is 36.5 cm³/mol. The van der Waals surface area contributed by atoms with Crippen molar-refractivity contribution in [2.24, 2.45) is 0 Å². The second kappa shape index (κ2) is 3.58. The Kier molecular flexibility index (Phi) is 2.71. The van der Waals surface area contributed by atoms with Gasteiger partial charge in [-0.15, -0.1) is 0 Å². The highest BCUT2D eigenvalue weighted by Crippen LogP contribution is 2.17. The molecule has 1 aliphatic rings. The molecule has 0 fully saturated rings. The van der Waals surface area contributed by atoms with E-state index in [4.69, 9.17) is 14.6 Å². The first kappa shape index (κ1) is 7.57.